The number of rotatable bonds is 7. The minimum Gasteiger partial charge on any atom is -0.465 e. The lowest BCUT2D eigenvalue weighted by atomic mass is 9.96. The molecule has 2 N–H and O–H groups in total. The molecule has 4 heterocycles. The highest BCUT2D eigenvalue weighted by Gasteiger charge is 2.40. The standard InChI is InChI=1S/C26H27N7O2/c1-35-26(34)22-14-30-24(32-25-15-28-19(12-27)13-29-25)11-23(22)31-18-9-20-7-8-21(10-18)33(20)16-17-5-3-2-4-6-17/h2-6,11,13-15,18,20-21H,7-10,16H2,1H3,(H2,29,30,31,32). The smallest absolute Gasteiger partial charge is 0.341 e. The summed E-state index contributed by atoms with van der Waals surface area (Å²) in [4.78, 5) is 27.6. The highest BCUT2D eigenvalue weighted by molar-refractivity contribution is 5.96. The van der Waals surface area contributed by atoms with Crippen LogP contribution < -0.4 is 10.6 Å². The number of nitriles is 1. The zero-order chi connectivity index (χ0) is 24.2. The molecule has 2 saturated heterocycles. The number of nitrogens with one attached hydrogen (secondary N) is 2. The minimum absolute atomic E-state index is 0.236. The second-order valence-corrected chi connectivity index (χ2v) is 8.99. The third-order valence-electron chi connectivity index (χ3n) is 6.78. The van der Waals surface area contributed by atoms with Crippen molar-refractivity contribution in [1.29, 1.82) is 5.26 Å². The van der Waals surface area contributed by atoms with Gasteiger partial charge in [-0.05, 0) is 31.2 Å². The number of hydrogen-bond acceptors (Lipinski definition) is 9. The first-order valence-electron chi connectivity index (χ1n) is 11.8. The van der Waals surface area contributed by atoms with Crippen molar-refractivity contribution in [2.45, 2.75) is 50.4 Å². The number of pyridine rings is 1. The molecule has 1 aromatic carbocycles. The van der Waals surface area contributed by atoms with Crippen molar-refractivity contribution < 1.29 is 9.53 Å². The normalized spacial score (nSPS) is 21.2. The van der Waals surface area contributed by atoms with E-state index in [9.17, 15) is 4.79 Å². The van der Waals surface area contributed by atoms with E-state index in [-0.39, 0.29) is 11.7 Å². The zero-order valence-corrected chi connectivity index (χ0v) is 19.5. The number of esters is 1. The zero-order valence-electron chi connectivity index (χ0n) is 19.5. The van der Waals surface area contributed by atoms with E-state index >= 15 is 0 Å². The quantitative estimate of drug-likeness (QED) is 0.497. The molecule has 0 saturated carbocycles. The maximum atomic E-state index is 12.4. The van der Waals surface area contributed by atoms with Gasteiger partial charge in [-0.25, -0.2) is 19.7 Å². The van der Waals surface area contributed by atoms with E-state index < -0.39 is 5.97 Å². The Bertz CT molecular complexity index is 1210. The number of hydrogen-bond donors (Lipinski definition) is 2. The molecule has 3 aromatic rings. The number of carbonyl (C=O) groups is 1. The van der Waals surface area contributed by atoms with Gasteiger partial charge >= 0.3 is 5.97 Å². The summed E-state index contributed by atoms with van der Waals surface area (Å²) in [7, 11) is 1.37. The van der Waals surface area contributed by atoms with Crippen LogP contribution >= 0.6 is 0 Å². The highest BCUT2D eigenvalue weighted by Crippen LogP contribution is 2.38. The van der Waals surface area contributed by atoms with E-state index in [0.717, 1.165) is 19.4 Å². The fourth-order valence-electron chi connectivity index (χ4n) is 5.16. The van der Waals surface area contributed by atoms with E-state index in [0.29, 0.717) is 35.0 Å². The predicted octanol–water partition coefficient (Wildman–Crippen LogP) is 3.88. The largest absolute Gasteiger partial charge is 0.465 e. The Balaban J connectivity index is 1.31. The van der Waals surface area contributed by atoms with Gasteiger partial charge in [0.15, 0.2) is 5.69 Å². The van der Waals surface area contributed by atoms with Gasteiger partial charge in [-0.15, -0.1) is 0 Å². The summed E-state index contributed by atoms with van der Waals surface area (Å²) in [6, 6.07) is 15.6. The lowest BCUT2D eigenvalue weighted by Crippen LogP contribution is -2.46. The highest BCUT2D eigenvalue weighted by atomic mass is 16.5. The summed E-state index contributed by atoms with van der Waals surface area (Å²) in [6.45, 7) is 0.977. The Labute approximate surface area is 204 Å². The molecule has 0 spiro atoms. The average molecular weight is 470 g/mol. The monoisotopic (exact) mass is 469 g/mol. The van der Waals surface area contributed by atoms with Crippen LogP contribution in [0.5, 0.6) is 0 Å². The number of piperidine rings is 1. The van der Waals surface area contributed by atoms with Crippen LogP contribution in [0.2, 0.25) is 0 Å². The summed E-state index contributed by atoms with van der Waals surface area (Å²) in [5, 5.41) is 15.6. The molecule has 9 heteroatoms. The summed E-state index contributed by atoms with van der Waals surface area (Å²) < 4.78 is 4.99. The number of carbonyl (C=O) groups excluding carboxylic acids is 1. The van der Waals surface area contributed by atoms with E-state index in [1.165, 1.54) is 44.1 Å². The Kier molecular flexibility index (Phi) is 6.55. The summed E-state index contributed by atoms with van der Waals surface area (Å²) >= 11 is 0. The van der Waals surface area contributed by atoms with Crippen LogP contribution in [0.3, 0.4) is 0 Å². The number of fused-ring (bicyclic) bond motifs is 2. The third kappa shape index (κ3) is 5.08. The van der Waals surface area contributed by atoms with Crippen LogP contribution in [0.1, 0.15) is 47.3 Å². The van der Waals surface area contributed by atoms with E-state index in [1.807, 2.05) is 6.07 Å². The molecule has 2 atom stereocenters. The molecule has 0 radical (unpaired) electrons. The van der Waals surface area contributed by atoms with Crippen LogP contribution in [-0.4, -0.2) is 51.1 Å². The SMILES string of the molecule is COC(=O)c1cnc(Nc2cnc(C#N)cn2)cc1NC1CC2CCC(C1)N2Cc1ccccc1. The molecular weight excluding hydrogens is 442 g/mol. The topological polar surface area (TPSA) is 116 Å². The molecule has 5 rings (SSSR count). The summed E-state index contributed by atoms with van der Waals surface area (Å²) in [5.74, 6) is 0.540. The molecule has 2 aliphatic heterocycles. The number of methoxy groups -OCH3 is 1. The molecule has 2 bridgehead atoms. The van der Waals surface area contributed by atoms with Crippen LogP contribution in [-0.2, 0) is 11.3 Å². The molecule has 178 valence electrons. The molecule has 9 nitrogen and oxygen atoms in total. The van der Waals surface area contributed by atoms with Crippen LogP contribution in [0.4, 0.5) is 17.3 Å². The first-order chi connectivity index (χ1) is 17.1. The number of nitrogens with zero attached hydrogens (tertiary/aromatic N) is 5. The van der Waals surface area contributed by atoms with Crippen molar-refractivity contribution in [3.05, 3.63) is 71.8 Å². The van der Waals surface area contributed by atoms with Crippen molar-refractivity contribution in [3.63, 3.8) is 0 Å². The molecule has 2 aromatic heterocycles. The van der Waals surface area contributed by atoms with Gasteiger partial charge in [-0.2, -0.15) is 5.26 Å². The van der Waals surface area contributed by atoms with Gasteiger partial charge in [0.25, 0.3) is 0 Å². The molecule has 0 aliphatic carbocycles. The van der Waals surface area contributed by atoms with Crippen molar-refractivity contribution in [2.24, 2.45) is 0 Å². The van der Waals surface area contributed by atoms with E-state index in [1.54, 1.807) is 6.07 Å². The lowest BCUT2D eigenvalue weighted by Gasteiger charge is -2.39. The summed E-state index contributed by atoms with van der Waals surface area (Å²) in [6.07, 6.45) is 8.78. The van der Waals surface area contributed by atoms with Crippen molar-refractivity contribution in [2.75, 3.05) is 17.7 Å². The number of ether oxygens (including phenoxy) is 1. The Morgan fingerprint density at radius 1 is 1.09 bits per heavy atom. The van der Waals surface area contributed by atoms with E-state index in [2.05, 4.69) is 60.8 Å². The molecule has 0 amide bonds. The van der Waals surface area contributed by atoms with E-state index in [4.69, 9.17) is 10.00 Å². The summed E-state index contributed by atoms with van der Waals surface area (Å²) in [5.41, 5.74) is 2.65. The number of aromatic nitrogens is 3. The lowest BCUT2D eigenvalue weighted by molar-refractivity contribution is 0.0601. The Morgan fingerprint density at radius 2 is 1.83 bits per heavy atom. The second-order valence-electron chi connectivity index (χ2n) is 8.99. The molecule has 2 unspecified atom stereocenters. The van der Waals surface area contributed by atoms with Crippen LogP contribution in [0, 0.1) is 11.3 Å². The van der Waals surface area contributed by atoms with Gasteiger partial charge in [0, 0.05) is 36.9 Å². The van der Waals surface area contributed by atoms with Crippen molar-refractivity contribution in [3.8, 4) is 6.07 Å². The maximum absolute atomic E-state index is 12.4. The molecule has 2 fully saturated rings. The fourth-order valence-corrected chi connectivity index (χ4v) is 5.16. The van der Waals surface area contributed by atoms with Gasteiger partial charge < -0.3 is 15.4 Å². The molecular formula is C26H27N7O2. The van der Waals surface area contributed by atoms with Crippen molar-refractivity contribution in [1.82, 2.24) is 19.9 Å². The average Bonchev–Trinajstić information content (AvgIpc) is 3.11. The van der Waals surface area contributed by atoms with Gasteiger partial charge in [0.05, 0.1) is 25.2 Å². The predicted molar refractivity (Wildman–Crippen MR) is 131 cm³/mol. The van der Waals surface area contributed by atoms with Gasteiger partial charge in [-0.3, -0.25) is 4.90 Å². The Hall–Kier alpha value is -4.03. The third-order valence-corrected chi connectivity index (χ3v) is 6.78. The molecule has 2 aliphatic rings. The first-order valence-corrected chi connectivity index (χ1v) is 11.8. The Morgan fingerprint density at radius 3 is 2.49 bits per heavy atom. The maximum Gasteiger partial charge on any atom is 0.341 e. The first kappa shape index (κ1) is 22.7. The van der Waals surface area contributed by atoms with Crippen LogP contribution in [0.15, 0.2) is 55.0 Å². The van der Waals surface area contributed by atoms with Crippen LogP contribution in [0.25, 0.3) is 0 Å². The molecule has 35 heavy (non-hydrogen) atoms. The number of benzene rings is 1. The fraction of sp³-hybridized carbons (Fsp3) is 0.346. The second kappa shape index (κ2) is 10.1. The number of anilines is 3. The van der Waals surface area contributed by atoms with Gasteiger partial charge in [0.1, 0.15) is 23.3 Å². The van der Waals surface area contributed by atoms with Gasteiger partial charge in [0.2, 0.25) is 0 Å². The minimum atomic E-state index is -0.436. The van der Waals surface area contributed by atoms with Crippen molar-refractivity contribution >= 4 is 23.3 Å². The van der Waals surface area contributed by atoms with Gasteiger partial charge in [-0.1, -0.05) is 30.3 Å².